The third-order valence-corrected chi connectivity index (χ3v) is 2.31. The van der Waals surface area contributed by atoms with Crippen LogP contribution in [0.1, 0.15) is 32.4 Å². The van der Waals surface area contributed by atoms with Gasteiger partial charge in [0.1, 0.15) is 6.10 Å². The van der Waals surface area contributed by atoms with Crippen LogP contribution < -0.4 is 0 Å². The summed E-state index contributed by atoms with van der Waals surface area (Å²) < 4.78 is 5.28. The molecule has 0 amide bonds. The average molecular weight is 204 g/mol. The van der Waals surface area contributed by atoms with Crippen molar-refractivity contribution in [1.29, 1.82) is 0 Å². The second-order valence-electron chi connectivity index (χ2n) is 3.43. The molecular weight excluding hydrogens is 188 g/mol. The van der Waals surface area contributed by atoms with Gasteiger partial charge in [-0.15, -0.1) is 0 Å². The molecule has 0 saturated heterocycles. The summed E-state index contributed by atoms with van der Waals surface area (Å²) in [5, 5.41) is 0. The monoisotopic (exact) mass is 204 g/mol. The maximum Gasteiger partial charge on any atom is 0.333 e. The number of carbonyl (C=O) groups excluding carboxylic acids is 1. The maximum absolute atomic E-state index is 11.5. The fourth-order valence-electron chi connectivity index (χ4n) is 1.16. The standard InChI is InChI=1S/C13H16O2/c1-4-10(2)13(14)15-11(3)12-8-6-5-7-9-12/h4-9,11H,1-3H3/b10-4+/t11-/m1/s1. The molecule has 0 bridgehead atoms. The Hall–Kier alpha value is -1.57. The number of allylic oxidation sites excluding steroid dienone is 1. The number of esters is 1. The largest absolute Gasteiger partial charge is 0.454 e. The minimum atomic E-state index is -0.256. The van der Waals surface area contributed by atoms with Crippen LogP contribution in [-0.4, -0.2) is 5.97 Å². The Balaban J connectivity index is 2.65. The summed E-state index contributed by atoms with van der Waals surface area (Å²) in [4.78, 5) is 11.5. The predicted molar refractivity (Wildman–Crippen MR) is 60.4 cm³/mol. The number of ether oxygens (including phenoxy) is 1. The molecule has 0 aliphatic rings. The number of hydrogen-bond donors (Lipinski definition) is 0. The zero-order valence-corrected chi connectivity index (χ0v) is 9.36. The molecule has 1 atom stereocenters. The summed E-state index contributed by atoms with van der Waals surface area (Å²) in [6.07, 6.45) is 1.55. The lowest BCUT2D eigenvalue weighted by Gasteiger charge is -2.13. The minimum absolute atomic E-state index is 0.200. The molecule has 0 fully saturated rings. The lowest BCUT2D eigenvalue weighted by atomic mass is 10.1. The van der Waals surface area contributed by atoms with Crippen LogP contribution >= 0.6 is 0 Å². The van der Waals surface area contributed by atoms with E-state index in [9.17, 15) is 4.79 Å². The number of benzene rings is 1. The van der Waals surface area contributed by atoms with E-state index in [0.717, 1.165) is 5.56 Å². The quantitative estimate of drug-likeness (QED) is 0.558. The summed E-state index contributed by atoms with van der Waals surface area (Å²) in [5.74, 6) is -0.256. The fourth-order valence-corrected chi connectivity index (χ4v) is 1.16. The minimum Gasteiger partial charge on any atom is -0.454 e. The highest BCUT2D eigenvalue weighted by molar-refractivity contribution is 5.87. The smallest absolute Gasteiger partial charge is 0.333 e. The predicted octanol–water partition coefficient (Wildman–Crippen LogP) is 3.26. The zero-order chi connectivity index (χ0) is 11.3. The van der Waals surface area contributed by atoms with Crippen LogP contribution in [0.3, 0.4) is 0 Å². The third-order valence-electron chi connectivity index (χ3n) is 2.31. The van der Waals surface area contributed by atoms with E-state index in [-0.39, 0.29) is 12.1 Å². The van der Waals surface area contributed by atoms with Crippen molar-refractivity contribution in [2.75, 3.05) is 0 Å². The van der Waals surface area contributed by atoms with Crippen molar-refractivity contribution in [1.82, 2.24) is 0 Å². The molecule has 0 aromatic heterocycles. The van der Waals surface area contributed by atoms with Gasteiger partial charge in [0, 0.05) is 5.57 Å². The van der Waals surface area contributed by atoms with Gasteiger partial charge in [0.05, 0.1) is 0 Å². The lowest BCUT2D eigenvalue weighted by molar-refractivity contribution is -0.143. The molecule has 0 saturated carbocycles. The van der Waals surface area contributed by atoms with Gasteiger partial charge < -0.3 is 4.74 Å². The molecule has 15 heavy (non-hydrogen) atoms. The topological polar surface area (TPSA) is 26.3 Å². The van der Waals surface area contributed by atoms with Gasteiger partial charge in [-0.1, -0.05) is 36.4 Å². The summed E-state index contributed by atoms with van der Waals surface area (Å²) in [5.41, 5.74) is 1.65. The number of rotatable bonds is 3. The normalized spacial score (nSPS) is 13.4. The van der Waals surface area contributed by atoms with Gasteiger partial charge in [0.2, 0.25) is 0 Å². The first-order chi connectivity index (χ1) is 7.15. The van der Waals surface area contributed by atoms with Crippen LogP contribution in [0.25, 0.3) is 0 Å². The van der Waals surface area contributed by atoms with Crippen molar-refractivity contribution in [2.45, 2.75) is 26.9 Å². The van der Waals surface area contributed by atoms with E-state index >= 15 is 0 Å². The molecule has 0 unspecified atom stereocenters. The molecule has 0 spiro atoms. The van der Waals surface area contributed by atoms with Gasteiger partial charge in [-0.05, 0) is 26.3 Å². The summed E-state index contributed by atoms with van der Waals surface area (Å²) in [6, 6.07) is 9.70. The molecule has 2 heteroatoms. The number of hydrogen-bond acceptors (Lipinski definition) is 2. The lowest BCUT2D eigenvalue weighted by Crippen LogP contribution is -2.09. The summed E-state index contributed by atoms with van der Waals surface area (Å²) in [6.45, 7) is 5.44. The first-order valence-corrected chi connectivity index (χ1v) is 5.04. The number of carbonyl (C=O) groups is 1. The van der Waals surface area contributed by atoms with Crippen LogP contribution in [0.5, 0.6) is 0 Å². The molecular formula is C13H16O2. The van der Waals surface area contributed by atoms with Crippen LogP contribution in [0.4, 0.5) is 0 Å². The van der Waals surface area contributed by atoms with Crippen molar-refractivity contribution < 1.29 is 9.53 Å². The van der Waals surface area contributed by atoms with E-state index in [1.807, 2.05) is 44.2 Å². The van der Waals surface area contributed by atoms with Crippen LogP contribution in [-0.2, 0) is 9.53 Å². The van der Waals surface area contributed by atoms with E-state index in [2.05, 4.69) is 0 Å². The van der Waals surface area contributed by atoms with Gasteiger partial charge in [-0.25, -0.2) is 4.79 Å². The molecule has 0 aliphatic carbocycles. The van der Waals surface area contributed by atoms with Crippen molar-refractivity contribution in [3.63, 3.8) is 0 Å². The Morgan fingerprint density at radius 3 is 2.47 bits per heavy atom. The zero-order valence-electron chi connectivity index (χ0n) is 9.36. The highest BCUT2D eigenvalue weighted by Gasteiger charge is 2.11. The molecule has 0 aliphatic heterocycles. The van der Waals surface area contributed by atoms with Gasteiger partial charge in [-0.2, -0.15) is 0 Å². The second-order valence-corrected chi connectivity index (χ2v) is 3.43. The Morgan fingerprint density at radius 2 is 1.93 bits per heavy atom. The molecule has 1 aromatic carbocycles. The van der Waals surface area contributed by atoms with E-state index in [4.69, 9.17) is 4.74 Å². The molecule has 2 nitrogen and oxygen atoms in total. The van der Waals surface area contributed by atoms with E-state index in [0.29, 0.717) is 5.57 Å². The van der Waals surface area contributed by atoms with Crippen molar-refractivity contribution in [2.24, 2.45) is 0 Å². The highest BCUT2D eigenvalue weighted by Crippen LogP contribution is 2.17. The fraction of sp³-hybridized carbons (Fsp3) is 0.308. The Kier molecular flexibility index (Phi) is 4.10. The van der Waals surface area contributed by atoms with E-state index in [1.165, 1.54) is 0 Å². The van der Waals surface area contributed by atoms with Crippen LogP contribution in [0.15, 0.2) is 42.0 Å². The molecule has 0 heterocycles. The first kappa shape index (κ1) is 11.5. The van der Waals surface area contributed by atoms with Gasteiger partial charge in [0.15, 0.2) is 0 Å². The SMILES string of the molecule is C/C=C(\C)C(=O)O[C@H](C)c1ccccc1. The summed E-state index contributed by atoms with van der Waals surface area (Å²) >= 11 is 0. The molecule has 1 aromatic rings. The average Bonchev–Trinajstić information content (AvgIpc) is 2.29. The maximum atomic E-state index is 11.5. The van der Waals surface area contributed by atoms with Crippen molar-refractivity contribution in [3.05, 3.63) is 47.5 Å². The van der Waals surface area contributed by atoms with E-state index < -0.39 is 0 Å². The third kappa shape index (κ3) is 3.24. The van der Waals surface area contributed by atoms with Gasteiger partial charge in [0.25, 0.3) is 0 Å². The van der Waals surface area contributed by atoms with Gasteiger partial charge in [-0.3, -0.25) is 0 Å². The molecule has 0 radical (unpaired) electrons. The van der Waals surface area contributed by atoms with Crippen LogP contribution in [0, 0.1) is 0 Å². The first-order valence-electron chi connectivity index (χ1n) is 5.04. The molecule has 80 valence electrons. The Bertz CT molecular complexity index is 352. The van der Waals surface area contributed by atoms with Crippen LogP contribution in [0.2, 0.25) is 0 Å². The van der Waals surface area contributed by atoms with Gasteiger partial charge >= 0.3 is 5.97 Å². The Morgan fingerprint density at radius 1 is 1.33 bits per heavy atom. The molecule has 0 N–H and O–H groups in total. The van der Waals surface area contributed by atoms with Crippen molar-refractivity contribution in [3.8, 4) is 0 Å². The second kappa shape index (κ2) is 5.35. The van der Waals surface area contributed by atoms with Crippen molar-refractivity contribution >= 4 is 5.97 Å². The molecule has 1 rings (SSSR count). The Labute approximate surface area is 90.6 Å². The summed E-state index contributed by atoms with van der Waals surface area (Å²) in [7, 11) is 0. The highest BCUT2D eigenvalue weighted by atomic mass is 16.5. The van der Waals surface area contributed by atoms with E-state index in [1.54, 1.807) is 13.0 Å².